The zero-order chi connectivity index (χ0) is 19.8. The lowest BCUT2D eigenvalue weighted by molar-refractivity contribution is -0.312. The molecule has 4 rings (SSSR count). The third kappa shape index (κ3) is 3.25. The van der Waals surface area contributed by atoms with Crippen molar-refractivity contribution in [3.8, 4) is 5.75 Å². The van der Waals surface area contributed by atoms with E-state index in [1.54, 1.807) is 4.90 Å². The van der Waals surface area contributed by atoms with Crippen LogP contribution in [0.15, 0.2) is 21.3 Å². The number of piperidine rings is 1. The average Bonchev–Trinajstić information content (AvgIpc) is 3.19. The van der Waals surface area contributed by atoms with Gasteiger partial charge in [0, 0.05) is 41.5 Å². The lowest BCUT2D eigenvalue weighted by atomic mass is 9.97. The van der Waals surface area contributed by atoms with E-state index in [0.717, 1.165) is 35.8 Å². The highest BCUT2D eigenvalue weighted by molar-refractivity contribution is 5.86. The highest BCUT2D eigenvalue weighted by atomic mass is 16.5. The topological polar surface area (TPSA) is 99.9 Å². The Morgan fingerprint density at radius 3 is 2.64 bits per heavy atom. The zero-order valence-corrected chi connectivity index (χ0v) is 15.8. The molecule has 7 heteroatoms. The van der Waals surface area contributed by atoms with Crippen LogP contribution in [-0.2, 0) is 22.4 Å². The van der Waals surface area contributed by atoms with Crippen molar-refractivity contribution in [2.45, 2.75) is 39.0 Å². The Labute approximate surface area is 161 Å². The van der Waals surface area contributed by atoms with Gasteiger partial charge in [0.2, 0.25) is 0 Å². The molecule has 1 aliphatic carbocycles. The van der Waals surface area contributed by atoms with Gasteiger partial charge in [0.15, 0.2) is 6.61 Å². The Morgan fingerprint density at radius 1 is 1.21 bits per heavy atom. The molecular weight excluding hydrogens is 362 g/mol. The maximum absolute atomic E-state index is 12.4. The molecule has 2 aliphatic rings. The van der Waals surface area contributed by atoms with Crippen LogP contribution >= 0.6 is 0 Å². The first-order valence-electron chi connectivity index (χ1n) is 9.65. The van der Waals surface area contributed by atoms with Crippen LogP contribution in [-0.4, -0.2) is 36.5 Å². The highest BCUT2D eigenvalue weighted by Gasteiger charge is 2.24. The van der Waals surface area contributed by atoms with Crippen molar-refractivity contribution in [2.24, 2.45) is 5.92 Å². The number of carbonyl (C=O) groups is 2. The van der Waals surface area contributed by atoms with Gasteiger partial charge in [-0.05, 0) is 56.7 Å². The minimum atomic E-state index is -1.05. The van der Waals surface area contributed by atoms with Crippen LogP contribution in [0.2, 0.25) is 0 Å². The van der Waals surface area contributed by atoms with Gasteiger partial charge in [-0.3, -0.25) is 4.79 Å². The van der Waals surface area contributed by atoms with Crippen molar-refractivity contribution in [3.05, 3.63) is 39.2 Å². The van der Waals surface area contributed by atoms with Crippen molar-refractivity contribution in [2.75, 3.05) is 19.7 Å². The number of carboxylic acids is 1. The molecule has 1 aromatic carbocycles. The van der Waals surface area contributed by atoms with Gasteiger partial charge in [-0.2, -0.15) is 0 Å². The Bertz CT molecular complexity index is 1000. The molecule has 0 unspecified atom stereocenters. The predicted octanol–water partition coefficient (Wildman–Crippen LogP) is 0.957. The molecular formula is C21H22NO6-. The predicted molar refractivity (Wildman–Crippen MR) is 99.1 cm³/mol. The minimum absolute atomic E-state index is 0.141. The summed E-state index contributed by atoms with van der Waals surface area (Å²) in [5, 5.41) is 11.8. The normalized spacial score (nSPS) is 17.0. The molecule has 0 saturated carbocycles. The molecule has 0 spiro atoms. The summed E-state index contributed by atoms with van der Waals surface area (Å²) in [7, 11) is 0. The number of benzene rings is 1. The third-order valence-electron chi connectivity index (χ3n) is 5.87. The highest BCUT2D eigenvalue weighted by Crippen LogP contribution is 2.33. The van der Waals surface area contributed by atoms with Crippen LogP contribution in [0.25, 0.3) is 11.0 Å². The number of ether oxygens (including phenoxy) is 1. The lowest BCUT2D eigenvalue weighted by Gasteiger charge is -2.32. The van der Waals surface area contributed by atoms with Crippen molar-refractivity contribution < 1.29 is 23.8 Å². The van der Waals surface area contributed by atoms with Crippen LogP contribution in [0.1, 0.15) is 36.0 Å². The molecule has 2 aromatic rings. The van der Waals surface area contributed by atoms with Gasteiger partial charge in [0.05, 0.1) is 0 Å². The third-order valence-corrected chi connectivity index (χ3v) is 5.87. The van der Waals surface area contributed by atoms with E-state index in [4.69, 9.17) is 9.15 Å². The quantitative estimate of drug-likeness (QED) is 0.728. The molecule has 1 aromatic heterocycles. The zero-order valence-electron chi connectivity index (χ0n) is 15.8. The van der Waals surface area contributed by atoms with Crippen molar-refractivity contribution >= 4 is 22.8 Å². The number of fused-ring (bicyclic) bond motifs is 3. The Kier molecular flexibility index (Phi) is 4.83. The average molecular weight is 384 g/mol. The van der Waals surface area contributed by atoms with Crippen LogP contribution in [0, 0.1) is 12.8 Å². The number of nitrogens with zero attached hydrogens (tertiary/aromatic N) is 1. The summed E-state index contributed by atoms with van der Waals surface area (Å²) in [5.41, 5.74) is 2.77. The minimum Gasteiger partial charge on any atom is -0.550 e. The summed E-state index contributed by atoms with van der Waals surface area (Å²) in [4.78, 5) is 37.1. The number of amides is 1. The second kappa shape index (κ2) is 7.30. The molecule has 28 heavy (non-hydrogen) atoms. The van der Waals surface area contributed by atoms with E-state index in [2.05, 4.69) is 0 Å². The summed E-state index contributed by atoms with van der Waals surface area (Å²) in [5.74, 6) is -1.22. The van der Waals surface area contributed by atoms with Gasteiger partial charge in [0.25, 0.3) is 5.91 Å². The van der Waals surface area contributed by atoms with Crippen LogP contribution in [0.5, 0.6) is 5.75 Å². The number of rotatable bonds is 4. The maximum Gasteiger partial charge on any atom is 0.339 e. The van der Waals surface area contributed by atoms with E-state index in [1.807, 2.05) is 19.1 Å². The second-order valence-electron chi connectivity index (χ2n) is 7.53. The molecule has 1 amide bonds. The van der Waals surface area contributed by atoms with E-state index in [1.165, 1.54) is 0 Å². The molecule has 0 N–H and O–H groups in total. The molecule has 1 fully saturated rings. The fourth-order valence-electron chi connectivity index (χ4n) is 4.22. The number of carboxylic acid groups (broad SMARTS) is 1. The lowest BCUT2D eigenvalue weighted by Crippen LogP contribution is -2.45. The smallest absolute Gasteiger partial charge is 0.339 e. The van der Waals surface area contributed by atoms with E-state index >= 15 is 0 Å². The summed E-state index contributed by atoms with van der Waals surface area (Å²) in [6, 6.07) is 3.70. The SMILES string of the molecule is Cc1c(OCC(=O)N2CCC(C(=O)[O-])CC2)ccc2c3c(c(=O)oc12)CCC3. The Balaban J connectivity index is 1.48. The monoisotopic (exact) mass is 384 g/mol. The summed E-state index contributed by atoms with van der Waals surface area (Å²) < 4.78 is 11.3. The summed E-state index contributed by atoms with van der Waals surface area (Å²) >= 11 is 0. The Morgan fingerprint density at radius 2 is 1.93 bits per heavy atom. The number of aliphatic carboxylic acids is 1. The van der Waals surface area contributed by atoms with Gasteiger partial charge < -0.3 is 24.0 Å². The van der Waals surface area contributed by atoms with Gasteiger partial charge in [-0.15, -0.1) is 0 Å². The molecule has 7 nitrogen and oxygen atoms in total. The van der Waals surface area contributed by atoms with Crippen LogP contribution < -0.4 is 15.5 Å². The number of hydrogen-bond donors (Lipinski definition) is 0. The first-order chi connectivity index (χ1) is 13.5. The van der Waals surface area contributed by atoms with Gasteiger partial charge in [0.1, 0.15) is 11.3 Å². The molecule has 2 heterocycles. The molecule has 1 aliphatic heterocycles. The number of aryl methyl sites for hydroxylation is 2. The van der Waals surface area contributed by atoms with E-state index in [0.29, 0.717) is 42.8 Å². The standard InChI is InChI=1S/C21H23NO6/c1-12-17(27-11-18(23)22-9-7-13(8-10-22)20(24)25)6-5-15-14-3-2-4-16(14)21(26)28-19(12)15/h5-6,13H,2-4,7-11H2,1H3,(H,24,25)/p-1. The van der Waals surface area contributed by atoms with E-state index < -0.39 is 11.9 Å². The second-order valence-corrected chi connectivity index (χ2v) is 7.53. The van der Waals surface area contributed by atoms with Crippen LogP contribution in [0.4, 0.5) is 0 Å². The first kappa shape index (κ1) is 18.5. The maximum atomic E-state index is 12.4. The molecule has 148 valence electrons. The van der Waals surface area contributed by atoms with Gasteiger partial charge >= 0.3 is 5.63 Å². The van der Waals surface area contributed by atoms with Gasteiger partial charge in [-0.25, -0.2) is 4.79 Å². The van der Waals surface area contributed by atoms with Crippen LogP contribution in [0.3, 0.4) is 0 Å². The fraction of sp³-hybridized carbons (Fsp3) is 0.476. The van der Waals surface area contributed by atoms with E-state index in [-0.39, 0.29) is 18.1 Å². The number of likely N-dealkylation sites (tertiary alicyclic amines) is 1. The van der Waals surface area contributed by atoms with Crippen molar-refractivity contribution in [3.63, 3.8) is 0 Å². The summed E-state index contributed by atoms with van der Waals surface area (Å²) in [6.45, 7) is 2.45. The Hall–Kier alpha value is -2.83. The number of carbonyl (C=O) groups excluding carboxylic acids is 2. The molecule has 0 atom stereocenters. The van der Waals surface area contributed by atoms with Crippen molar-refractivity contribution in [1.29, 1.82) is 0 Å². The molecule has 1 saturated heterocycles. The largest absolute Gasteiger partial charge is 0.550 e. The molecule has 0 bridgehead atoms. The molecule has 0 radical (unpaired) electrons. The van der Waals surface area contributed by atoms with Gasteiger partial charge in [-0.1, -0.05) is 0 Å². The van der Waals surface area contributed by atoms with Crippen molar-refractivity contribution in [1.82, 2.24) is 4.90 Å². The van der Waals surface area contributed by atoms with E-state index in [9.17, 15) is 19.5 Å². The first-order valence-corrected chi connectivity index (χ1v) is 9.65. The number of hydrogen-bond acceptors (Lipinski definition) is 6. The fourth-order valence-corrected chi connectivity index (χ4v) is 4.22. The summed E-state index contributed by atoms with van der Waals surface area (Å²) in [6.07, 6.45) is 3.39.